The van der Waals surface area contributed by atoms with Crippen molar-refractivity contribution < 1.29 is 19.6 Å². The van der Waals surface area contributed by atoms with Gasteiger partial charge in [-0.1, -0.05) is 31.9 Å². The van der Waals surface area contributed by atoms with Crippen LogP contribution >= 0.6 is 11.6 Å². The van der Waals surface area contributed by atoms with Crippen molar-refractivity contribution in [1.82, 2.24) is 5.32 Å². The Morgan fingerprint density at radius 1 is 1.43 bits per heavy atom. The second kappa shape index (κ2) is 7.03. The summed E-state index contributed by atoms with van der Waals surface area (Å²) < 4.78 is 0. The van der Waals surface area contributed by atoms with Crippen molar-refractivity contribution in [1.29, 1.82) is 0 Å². The number of carbonyl (C=O) groups excluding carboxylic acids is 1. The van der Waals surface area contributed by atoms with Gasteiger partial charge in [0.2, 0.25) is 0 Å². The second-order valence-electron chi connectivity index (χ2n) is 4.63. The summed E-state index contributed by atoms with van der Waals surface area (Å²) in [6.07, 6.45) is 0.562. The first-order valence-electron chi connectivity index (χ1n) is 6.25. The van der Waals surface area contributed by atoms with Gasteiger partial charge in [0.25, 0.3) is 11.6 Å². The van der Waals surface area contributed by atoms with Crippen LogP contribution in [0.2, 0.25) is 5.02 Å². The molecule has 1 aromatic rings. The van der Waals surface area contributed by atoms with E-state index in [-0.39, 0.29) is 22.2 Å². The number of nitro groups is 1. The Bertz CT molecular complexity index is 576. The predicted octanol–water partition coefficient (Wildman–Crippen LogP) is 2.48. The average Bonchev–Trinajstić information content (AvgIpc) is 2.42. The number of amides is 1. The van der Waals surface area contributed by atoms with Crippen LogP contribution in [-0.2, 0) is 4.79 Å². The first-order valence-corrected chi connectivity index (χ1v) is 6.62. The van der Waals surface area contributed by atoms with E-state index in [4.69, 9.17) is 16.7 Å². The Balaban J connectivity index is 3.03. The molecule has 114 valence electrons. The van der Waals surface area contributed by atoms with Crippen LogP contribution in [0.25, 0.3) is 0 Å². The first kappa shape index (κ1) is 16.9. The Morgan fingerprint density at radius 3 is 2.52 bits per heavy atom. The quantitative estimate of drug-likeness (QED) is 0.619. The minimum atomic E-state index is -1.16. The van der Waals surface area contributed by atoms with Gasteiger partial charge < -0.3 is 10.4 Å². The first-order chi connectivity index (χ1) is 9.76. The van der Waals surface area contributed by atoms with Crippen LogP contribution in [0.4, 0.5) is 5.69 Å². The number of non-ortho nitro benzene ring substituents is 1. The molecule has 0 radical (unpaired) electrons. The number of carboxylic acid groups (broad SMARTS) is 1. The van der Waals surface area contributed by atoms with Gasteiger partial charge in [-0.15, -0.1) is 0 Å². The smallest absolute Gasteiger partial charge is 0.326 e. The van der Waals surface area contributed by atoms with Crippen molar-refractivity contribution in [3.8, 4) is 0 Å². The molecule has 8 heteroatoms. The monoisotopic (exact) mass is 314 g/mol. The molecule has 0 spiro atoms. The number of nitro benzene ring substituents is 1. The number of nitrogens with zero attached hydrogens (tertiary/aromatic N) is 1. The number of hydrogen-bond acceptors (Lipinski definition) is 4. The van der Waals surface area contributed by atoms with Gasteiger partial charge in [0.05, 0.1) is 4.92 Å². The van der Waals surface area contributed by atoms with Gasteiger partial charge in [0.15, 0.2) is 0 Å². The number of carboxylic acids is 1. The third kappa shape index (κ3) is 4.42. The highest BCUT2D eigenvalue weighted by atomic mass is 35.5. The molecule has 0 aliphatic rings. The zero-order valence-corrected chi connectivity index (χ0v) is 12.3. The summed E-state index contributed by atoms with van der Waals surface area (Å²) in [6.45, 7) is 3.50. The summed E-state index contributed by atoms with van der Waals surface area (Å²) in [7, 11) is 0. The third-order valence-corrected chi connectivity index (χ3v) is 3.34. The lowest BCUT2D eigenvalue weighted by molar-refractivity contribution is -0.384. The summed E-state index contributed by atoms with van der Waals surface area (Å²) in [6, 6.07) is 2.35. The zero-order valence-electron chi connectivity index (χ0n) is 11.5. The van der Waals surface area contributed by atoms with Crippen LogP contribution in [-0.4, -0.2) is 27.9 Å². The molecule has 1 aromatic carbocycles. The lowest BCUT2D eigenvalue weighted by atomic mass is 9.99. The van der Waals surface area contributed by atoms with Crippen LogP contribution in [0, 0.1) is 16.0 Å². The normalized spacial score (nSPS) is 13.3. The molecule has 0 fully saturated rings. The molecule has 0 saturated heterocycles. The van der Waals surface area contributed by atoms with Crippen LogP contribution in [0.5, 0.6) is 0 Å². The Morgan fingerprint density at radius 2 is 2.05 bits per heavy atom. The molecular formula is C13H15ClN2O5. The molecular weight excluding hydrogens is 300 g/mol. The minimum absolute atomic E-state index is 0.0322. The van der Waals surface area contributed by atoms with Crippen molar-refractivity contribution in [3.05, 3.63) is 38.9 Å². The number of hydrogen-bond donors (Lipinski definition) is 2. The number of benzene rings is 1. The molecule has 0 saturated carbocycles. The predicted molar refractivity (Wildman–Crippen MR) is 76.5 cm³/mol. The Hall–Kier alpha value is -2.15. The van der Waals surface area contributed by atoms with E-state index in [2.05, 4.69) is 5.32 Å². The van der Waals surface area contributed by atoms with Crippen molar-refractivity contribution in [2.75, 3.05) is 0 Å². The standard InChI is InChI=1S/C13H15ClN2O5/c1-3-7(2)11(13(18)19)15-12(17)8-4-9(14)6-10(5-8)16(20)21/h4-7,11H,3H2,1-2H3,(H,15,17)(H,18,19)/t7-,11-/m0/s1. The molecule has 2 atom stereocenters. The maximum atomic E-state index is 12.1. The summed E-state index contributed by atoms with van der Waals surface area (Å²) in [5.74, 6) is -2.15. The molecule has 1 amide bonds. The number of carbonyl (C=O) groups is 2. The van der Waals surface area contributed by atoms with Crippen molar-refractivity contribution in [2.45, 2.75) is 26.3 Å². The van der Waals surface area contributed by atoms with E-state index in [9.17, 15) is 19.7 Å². The maximum absolute atomic E-state index is 12.1. The number of halogens is 1. The van der Waals surface area contributed by atoms with Gasteiger partial charge in [-0.25, -0.2) is 4.79 Å². The highest BCUT2D eigenvalue weighted by Crippen LogP contribution is 2.21. The van der Waals surface area contributed by atoms with E-state index >= 15 is 0 Å². The average molecular weight is 315 g/mol. The van der Waals surface area contributed by atoms with E-state index in [0.717, 1.165) is 12.1 Å². The van der Waals surface area contributed by atoms with E-state index in [1.807, 2.05) is 0 Å². The van der Waals surface area contributed by atoms with Gasteiger partial charge in [-0.2, -0.15) is 0 Å². The number of aliphatic carboxylic acids is 1. The van der Waals surface area contributed by atoms with Crippen LogP contribution in [0.15, 0.2) is 18.2 Å². The SMILES string of the molecule is CC[C@H](C)[C@H](NC(=O)c1cc(Cl)cc([N+](=O)[O-])c1)C(=O)O. The molecule has 0 unspecified atom stereocenters. The fourth-order valence-corrected chi connectivity index (χ4v) is 1.95. The molecule has 0 heterocycles. The Labute approximate surface area is 126 Å². The number of rotatable bonds is 6. The lowest BCUT2D eigenvalue weighted by Crippen LogP contribution is -2.45. The summed E-state index contributed by atoms with van der Waals surface area (Å²) in [5, 5.41) is 22.2. The summed E-state index contributed by atoms with van der Waals surface area (Å²) >= 11 is 5.73. The van der Waals surface area contributed by atoms with Gasteiger partial charge >= 0.3 is 5.97 Å². The summed E-state index contributed by atoms with van der Waals surface area (Å²) in [4.78, 5) is 33.3. The van der Waals surface area contributed by atoms with Crippen LogP contribution in [0.3, 0.4) is 0 Å². The molecule has 0 aliphatic carbocycles. The molecule has 2 N–H and O–H groups in total. The van der Waals surface area contributed by atoms with Crippen molar-refractivity contribution in [2.24, 2.45) is 5.92 Å². The summed E-state index contributed by atoms with van der Waals surface area (Å²) in [5.41, 5.74) is -0.383. The molecule has 7 nitrogen and oxygen atoms in total. The van der Waals surface area contributed by atoms with Crippen LogP contribution in [0.1, 0.15) is 30.6 Å². The van der Waals surface area contributed by atoms with Gasteiger partial charge in [0.1, 0.15) is 6.04 Å². The largest absolute Gasteiger partial charge is 0.480 e. The molecule has 0 bridgehead atoms. The minimum Gasteiger partial charge on any atom is -0.480 e. The van der Waals surface area contributed by atoms with Crippen LogP contribution < -0.4 is 5.32 Å². The molecule has 0 aromatic heterocycles. The van der Waals surface area contributed by atoms with Gasteiger partial charge in [0, 0.05) is 22.7 Å². The molecule has 1 rings (SSSR count). The van der Waals surface area contributed by atoms with E-state index in [1.165, 1.54) is 6.07 Å². The molecule has 0 aliphatic heterocycles. The zero-order chi connectivity index (χ0) is 16.2. The van der Waals surface area contributed by atoms with E-state index in [1.54, 1.807) is 13.8 Å². The molecule has 21 heavy (non-hydrogen) atoms. The number of nitrogens with one attached hydrogen (secondary N) is 1. The Kier molecular flexibility index (Phi) is 5.66. The highest BCUT2D eigenvalue weighted by Gasteiger charge is 2.26. The maximum Gasteiger partial charge on any atom is 0.326 e. The van der Waals surface area contributed by atoms with Gasteiger partial charge in [-0.3, -0.25) is 14.9 Å². The van der Waals surface area contributed by atoms with E-state index in [0.29, 0.717) is 6.42 Å². The lowest BCUT2D eigenvalue weighted by Gasteiger charge is -2.20. The fourth-order valence-electron chi connectivity index (χ4n) is 1.72. The fraction of sp³-hybridized carbons (Fsp3) is 0.385. The second-order valence-corrected chi connectivity index (χ2v) is 5.07. The highest BCUT2D eigenvalue weighted by molar-refractivity contribution is 6.31. The van der Waals surface area contributed by atoms with Gasteiger partial charge in [-0.05, 0) is 12.0 Å². The van der Waals surface area contributed by atoms with Crippen molar-refractivity contribution >= 4 is 29.2 Å². The van der Waals surface area contributed by atoms with Crippen molar-refractivity contribution in [3.63, 3.8) is 0 Å². The topological polar surface area (TPSA) is 110 Å². The van der Waals surface area contributed by atoms with E-state index < -0.39 is 22.8 Å². The third-order valence-electron chi connectivity index (χ3n) is 3.12.